The maximum absolute atomic E-state index is 12.2. The summed E-state index contributed by atoms with van der Waals surface area (Å²) >= 11 is 0. The van der Waals surface area contributed by atoms with Crippen molar-refractivity contribution in [2.75, 3.05) is 25.3 Å². The Morgan fingerprint density at radius 3 is 2.38 bits per heavy atom. The summed E-state index contributed by atoms with van der Waals surface area (Å²) in [7, 11) is 3.13. The first-order chi connectivity index (χ1) is 10.0. The molecule has 2 rings (SSSR count). The molecule has 0 heterocycles. The molecule has 0 atom stereocenters. The van der Waals surface area contributed by atoms with Crippen LogP contribution in [0.25, 0.3) is 0 Å². The van der Waals surface area contributed by atoms with E-state index in [1.807, 2.05) is 19.1 Å². The zero-order valence-electron chi connectivity index (χ0n) is 12.3. The third kappa shape index (κ3) is 3.25. The molecule has 0 aliphatic carbocycles. The molecule has 0 spiro atoms. The van der Waals surface area contributed by atoms with Crippen LogP contribution in [0.5, 0.6) is 11.5 Å². The van der Waals surface area contributed by atoms with Crippen molar-refractivity contribution in [3.05, 3.63) is 47.5 Å². The van der Waals surface area contributed by atoms with Crippen LogP contribution in [0.4, 0.5) is 11.4 Å². The highest BCUT2D eigenvalue weighted by molar-refractivity contribution is 6.04. The lowest BCUT2D eigenvalue weighted by Gasteiger charge is -2.10. The fourth-order valence-electron chi connectivity index (χ4n) is 2.01. The van der Waals surface area contributed by atoms with Crippen LogP contribution < -0.4 is 20.5 Å². The van der Waals surface area contributed by atoms with Gasteiger partial charge in [-0.15, -0.1) is 0 Å². The maximum Gasteiger partial charge on any atom is 0.255 e. The van der Waals surface area contributed by atoms with Crippen molar-refractivity contribution in [3.8, 4) is 11.5 Å². The van der Waals surface area contributed by atoms with Crippen molar-refractivity contribution in [2.45, 2.75) is 6.92 Å². The highest BCUT2D eigenvalue weighted by Crippen LogP contribution is 2.24. The topological polar surface area (TPSA) is 73.6 Å². The lowest BCUT2D eigenvalue weighted by Crippen LogP contribution is -2.12. The van der Waals surface area contributed by atoms with E-state index in [1.165, 1.54) is 7.11 Å². The number of nitrogens with two attached hydrogens (primary N) is 1. The summed E-state index contributed by atoms with van der Waals surface area (Å²) in [5.74, 6) is 1.04. The number of anilines is 2. The van der Waals surface area contributed by atoms with Gasteiger partial charge in [0.15, 0.2) is 0 Å². The second kappa shape index (κ2) is 6.17. The third-order valence-electron chi connectivity index (χ3n) is 3.15. The molecule has 0 aromatic heterocycles. The average molecular weight is 286 g/mol. The number of aryl methyl sites for hydroxylation is 1. The van der Waals surface area contributed by atoms with Crippen LogP contribution >= 0.6 is 0 Å². The van der Waals surface area contributed by atoms with Crippen molar-refractivity contribution in [1.29, 1.82) is 0 Å². The van der Waals surface area contributed by atoms with Crippen molar-refractivity contribution < 1.29 is 14.3 Å². The van der Waals surface area contributed by atoms with Gasteiger partial charge in [0.1, 0.15) is 11.5 Å². The van der Waals surface area contributed by atoms with Gasteiger partial charge in [-0.25, -0.2) is 0 Å². The molecule has 5 heteroatoms. The van der Waals surface area contributed by atoms with E-state index in [1.54, 1.807) is 31.4 Å². The van der Waals surface area contributed by atoms with Crippen LogP contribution in [-0.2, 0) is 0 Å². The van der Waals surface area contributed by atoms with Gasteiger partial charge in [-0.1, -0.05) is 0 Å². The Bertz CT molecular complexity index is 669. The molecule has 0 saturated carbocycles. The molecule has 0 unspecified atom stereocenters. The van der Waals surface area contributed by atoms with E-state index >= 15 is 0 Å². The van der Waals surface area contributed by atoms with Crippen molar-refractivity contribution in [3.63, 3.8) is 0 Å². The minimum atomic E-state index is -0.224. The van der Waals surface area contributed by atoms with Crippen LogP contribution in [0.3, 0.4) is 0 Å². The molecule has 0 aliphatic rings. The Kier molecular flexibility index (Phi) is 4.33. The first-order valence-corrected chi connectivity index (χ1v) is 6.44. The summed E-state index contributed by atoms with van der Waals surface area (Å²) in [6, 6.07) is 10.4. The van der Waals surface area contributed by atoms with Gasteiger partial charge >= 0.3 is 0 Å². The van der Waals surface area contributed by atoms with Gasteiger partial charge in [0.05, 0.1) is 19.9 Å². The lowest BCUT2D eigenvalue weighted by atomic mass is 10.1. The van der Waals surface area contributed by atoms with E-state index in [-0.39, 0.29) is 5.91 Å². The molecule has 0 saturated heterocycles. The van der Waals surface area contributed by atoms with Crippen LogP contribution in [0.1, 0.15) is 15.9 Å². The molecule has 2 aromatic rings. The number of carbonyl (C=O) groups excluding carboxylic acids is 1. The summed E-state index contributed by atoms with van der Waals surface area (Å²) in [5, 5.41) is 2.83. The van der Waals surface area contributed by atoms with Gasteiger partial charge < -0.3 is 20.5 Å². The molecule has 0 fully saturated rings. The highest BCUT2D eigenvalue weighted by atomic mass is 16.5. The minimum absolute atomic E-state index is 0.224. The molecule has 0 aliphatic heterocycles. The summed E-state index contributed by atoms with van der Waals surface area (Å²) < 4.78 is 10.3. The predicted molar refractivity (Wildman–Crippen MR) is 83.1 cm³/mol. The summed E-state index contributed by atoms with van der Waals surface area (Å²) in [4.78, 5) is 12.2. The number of nitrogens with one attached hydrogen (secondary N) is 1. The Morgan fingerprint density at radius 2 is 1.76 bits per heavy atom. The molecular weight excluding hydrogens is 268 g/mol. The van der Waals surface area contributed by atoms with E-state index in [2.05, 4.69) is 5.32 Å². The minimum Gasteiger partial charge on any atom is -0.496 e. The van der Waals surface area contributed by atoms with Crippen LogP contribution in [0.2, 0.25) is 0 Å². The number of hydrogen-bond acceptors (Lipinski definition) is 4. The highest BCUT2D eigenvalue weighted by Gasteiger charge is 2.10. The molecule has 0 bridgehead atoms. The molecule has 1 amide bonds. The number of ether oxygens (including phenoxy) is 2. The first-order valence-electron chi connectivity index (χ1n) is 6.44. The Morgan fingerprint density at radius 1 is 1.05 bits per heavy atom. The van der Waals surface area contributed by atoms with E-state index < -0.39 is 0 Å². The molecule has 2 aromatic carbocycles. The van der Waals surface area contributed by atoms with Crippen molar-refractivity contribution >= 4 is 17.3 Å². The Labute approximate surface area is 123 Å². The second-order valence-electron chi connectivity index (χ2n) is 4.60. The van der Waals surface area contributed by atoms with Gasteiger partial charge in [-0.05, 0) is 48.9 Å². The van der Waals surface area contributed by atoms with Crippen LogP contribution in [0.15, 0.2) is 36.4 Å². The van der Waals surface area contributed by atoms with E-state index in [0.29, 0.717) is 22.7 Å². The van der Waals surface area contributed by atoms with Crippen molar-refractivity contribution in [1.82, 2.24) is 0 Å². The zero-order chi connectivity index (χ0) is 15.4. The Balaban J connectivity index is 2.19. The van der Waals surface area contributed by atoms with Gasteiger partial charge in [-0.3, -0.25) is 4.79 Å². The number of carbonyl (C=O) groups is 1. The third-order valence-corrected chi connectivity index (χ3v) is 3.15. The first kappa shape index (κ1) is 14.7. The number of nitrogen functional groups attached to an aromatic ring is 1. The predicted octanol–water partition coefficient (Wildman–Crippen LogP) is 2.85. The zero-order valence-corrected chi connectivity index (χ0v) is 12.3. The van der Waals surface area contributed by atoms with Crippen LogP contribution in [0, 0.1) is 6.92 Å². The molecule has 0 radical (unpaired) electrons. The molecule has 110 valence electrons. The number of benzene rings is 2. The second-order valence-corrected chi connectivity index (χ2v) is 4.60. The number of methoxy groups -OCH3 is 2. The summed E-state index contributed by atoms with van der Waals surface area (Å²) in [6.07, 6.45) is 0. The number of rotatable bonds is 4. The fraction of sp³-hybridized carbons (Fsp3) is 0.188. The van der Waals surface area contributed by atoms with Gasteiger partial charge in [-0.2, -0.15) is 0 Å². The van der Waals surface area contributed by atoms with Crippen molar-refractivity contribution in [2.24, 2.45) is 0 Å². The lowest BCUT2D eigenvalue weighted by molar-refractivity contribution is 0.102. The van der Waals surface area contributed by atoms with Gasteiger partial charge in [0.2, 0.25) is 0 Å². The van der Waals surface area contributed by atoms with Gasteiger partial charge in [0, 0.05) is 11.3 Å². The Hall–Kier alpha value is -2.69. The van der Waals surface area contributed by atoms with E-state index in [0.717, 1.165) is 11.3 Å². The summed E-state index contributed by atoms with van der Waals surface area (Å²) in [5.41, 5.74) is 8.36. The number of hydrogen-bond donors (Lipinski definition) is 2. The molecular formula is C16H18N2O3. The maximum atomic E-state index is 12.2. The monoisotopic (exact) mass is 286 g/mol. The normalized spacial score (nSPS) is 10.0. The van der Waals surface area contributed by atoms with E-state index in [9.17, 15) is 4.79 Å². The largest absolute Gasteiger partial charge is 0.496 e. The number of amides is 1. The van der Waals surface area contributed by atoms with Gasteiger partial charge in [0.25, 0.3) is 5.91 Å². The summed E-state index contributed by atoms with van der Waals surface area (Å²) in [6.45, 7) is 1.92. The van der Waals surface area contributed by atoms with Crippen LogP contribution in [-0.4, -0.2) is 20.1 Å². The average Bonchev–Trinajstić information content (AvgIpc) is 2.48. The fourth-order valence-corrected chi connectivity index (χ4v) is 2.01. The van der Waals surface area contributed by atoms with E-state index in [4.69, 9.17) is 15.2 Å². The molecule has 5 nitrogen and oxygen atoms in total. The SMILES string of the molecule is COc1ccc(NC(=O)c2ccc(N)c(OC)c2)cc1C. The standard InChI is InChI=1S/C16H18N2O3/c1-10-8-12(5-7-14(10)20-2)18-16(19)11-4-6-13(17)15(9-11)21-3/h4-9H,17H2,1-3H3,(H,18,19). The quantitative estimate of drug-likeness (QED) is 0.848. The molecule has 3 N–H and O–H groups in total. The smallest absolute Gasteiger partial charge is 0.255 e. The molecule has 21 heavy (non-hydrogen) atoms.